The van der Waals surface area contributed by atoms with Crippen LogP contribution in [0.1, 0.15) is 11.4 Å². The Morgan fingerprint density at radius 3 is 2.46 bits per heavy atom. The van der Waals surface area contributed by atoms with Crippen LogP contribution in [0.15, 0.2) is 64.2 Å². The van der Waals surface area contributed by atoms with Gasteiger partial charge < -0.3 is 5.73 Å². The van der Waals surface area contributed by atoms with E-state index in [1.807, 2.05) is 47.0 Å². The monoisotopic (exact) mass is 448 g/mol. The van der Waals surface area contributed by atoms with Crippen LogP contribution in [0.3, 0.4) is 0 Å². The van der Waals surface area contributed by atoms with Crippen LogP contribution in [0, 0.1) is 0 Å². The molecule has 0 aliphatic carbocycles. The molecule has 26 heavy (non-hydrogen) atoms. The highest BCUT2D eigenvalue weighted by molar-refractivity contribution is 9.10. The van der Waals surface area contributed by atoms with Crippen molar-refractivity contribution in [1.29, 1.82) is 0 Å². The first kappa shape index (κ1) is 19.0. The fourth-order valence-corrected chi connectivity index (χ4v) is 4.18. The zero-order valence-electron chi connectivity index (χ0n) is 13.8. The first-order chi connectivity index (χ1) is 12.6. The molecule has 0 fully saturated rings. The molecule has 0 aliphatic rings. The SMILES string of the molecule is NC(=O)CSc1nnc(CSCc2ccccc2)n1-c1ccc(Br)cc1. The predicted molar refractivity (Wildman–Crippen MR) is 110 cm³/mol. The molecule has 5 nitrogen and oxygen atoms in total. The number of carbonyl (C=O) groups excluding carboxylic acids is 1. The molecule has 134 valence electrons. The fraction of sp³-hybridized carbons (Fsp3) is 0.167. The van der Waals surface area contributed by atoms with Crippen molar-refractivity contribution in [3.63, 3.8) is 0 Å². The molecule has 0 radical (unpaired) electrons. The second-order valence-electron chi connectivity index (χ2n) is 5.44. The number of hydrogen-bond acceptors (Lipinski definition) is 5. The van der Waals surface area contributed by atoms with Gasteiger partial charge in [0, 0.05) is 15.9 Å². The van der Waals surface area contributed by atoms with Gasteiger partial charge in [-0.15, -0.1) is 22.0 Å². The van der Waals surface area contributed by atoms with Gasteiger partial charge in [-0.3, -0.25) is 9.36 Å². The van der Waals surface area contributed by atoms with Crippen molar-refractivity contribution in [3.05, 3.63) is 70.5 Å². The molecule has 0 aliphatic heterocycles. The summed E-state index contributed by atoms with van der Waals surface area (Å²) < 4.78 is 2.98. The van der Waals surface area contributed by atoms with Gasteiger partial charge in [0.1, 0.15) is 5.82 Å². The summed E-state index contributed by atoms with van der Waals surface area (Å²) in [5.74, 6) is 2.26. The zero-order valence-corrected chi connectivity index (χ0v) is 17.1. The van der Waals surface area contributed by atoms with E-state index in [4.69, 9.17) is 5.73 Å². The molecule has 1 heterocycles. The Kier molecular flexibility index (Phi) is 6.76. The summed E-state index contributed by atoms with van der Waals surface area (Å²) in [5.41, 5.74) is 7.51. The second-order valence-corrected chi connectivity index (χ2v) is 8.29. The number of nitrogens with zero attached hydrogens (tertiary/aromatic N) is 3. The lowest BCUT2D eigenvalue weighted by Crippen LogP contribution is -2.13. The van der Waals surface area contributed by atoms with Crippen LogP contribution in [0.25, 0.3) is 5.69 Å². The van der Waals surface area contributed by atoms with Crippen LogP contribution < -0.4 is 5.73 Å². The minimum atomic E-state index is -0.375. The Hall–Kier alpha value is -1.77. The van der Waals surface area contributed by atoms with Gasteiger partial charge >= 0.3 is 0 Å². The lowest BCUT2D eigenvalue weighted by Gasteiger charge is -2.10. The molecule has 0 saturated heterocycles. The Morgan fingerprint density at radius 1 is 1.04 bits per heavy atom. The lowest BCUT2D eigenvalue weighted by atomic mass is 10.2. The number of rotatable bonds is 8. The lowest BCUT2D eigenvalue weighted by molar-refractivity contribution is -0.115. The Morgan fingerprint density at radius 2 is 1.77 bits per heavy atom. The second kappa shape index (κ2) is 9.25. The van der Waals surface area contributed by atoms with E-state index in [2.05, 4.69) is 38.3 Å². The highest BCUT2D eigenvalue weighted by atomic mass is 79.9. The maximum Gasteiger partial charge on any atom is 0.227 e. The summed E-state index contributed by atoms with van der Waals surface area (Å²) in [6.07, 6.45) is 0. The quantitative estimate of drug-likeness (QED) is 0.526. The van der Waals surface area contributed by atoms with Gasteiger partial charge in [0.2, 0.25) is 5.91 Å². The molecule has 0 spiro atoms. The molecule has 3 aromatic rings. The fourth-order valence-electron chi connectivity index (χ4n) is 2.31. The normalized spacial score (nSPS) is 10.8. The third-order valence-electron chi connectivity index (χ3n) is 3.47. The third kappa shape index (κ3) is 5.12. The number of halogens is 1. The van der Waals surface area contributed by atoms with Crippen LogP contribution in [0.5, 0.6) is 0 Å². The van der Waals surface area contributed by atoms with E-state index in [0.29, 0.717) is 5.16 Å². The van der Waals surface area contributed by atoms with E-state index in [1.54, 1.807) is 11.8 Å². The molecule has 2 aromatic carbocycles. The predicted octanol–water partition coefficient (Wildman–Crippen LogP) is 4.04. The first-order valence-corrected chi connectivity index (χ1v) is 10.8. The van der Waals surface area contributed by atoms with E-state index in [-0.39, 0.29) is 11.7 Å². The average molecular weight is 449 g/mol. The molecule has 0 bridgehead atoms. The standard InChI is InChI=1S/C18H17BrN4OS2/c19-14-6-8-15(9-7-14)23-17(21-22-18(23)26-11-16(20)24)12-25-10-13-4-2-1-3-5-13/h1-9H,10-12H2,(H2,20,24). The summed E-state index contributed by atoms with van der Waals surface area (Å²) >= 11 is 6.53. The van der Waals surface area contributed by atoms with Crippen molar-refractivity contribution in [3.8, 4) is 5.69 Å². The molecule has 0 unspecified atom stereocenters. The van der Waals surface area contributed by atoms with Crippen molar-refractivity contribution in [2.45, 2.75) is 16.7 Å². The number of primary amides is 1. The zero-order chi connectivity index (χ0) is 18.4. The van der Waals surface area contributed by atoms with Gasteiger partial charge in [-0.25, -0.2) is 0 Å². The van der Waals surface area contributed by atoms with Gasteiger partial charge in [0.25, 0.3) is 0 Å². The van der Waals surface area contributed by atoms with E-state index in [1.165, 1.54) is 17.3 Å². The van der Waals surface area contributed by atoms with Crippen LogP contribution in [0.4, 0.5) is 0 Å². The van der Waals surface area contributed by atoms with Crippen molar-refractivity contribution in [2.24, 2.45) is 5.73 Å². The average Bonchev–Trinajstić information content (AvgIpc) is 3.04. The van der Waals surface area contributed by atoms with Gasteiger partial charge in [0.05, 0.1) is 11.5 Å². The molecule has 2 N–H and O–H groups in total. The first-order valence-electron chi connectivity index (χ1n) is 7.86. The summed E-state index contributed by atoms with van der Waals surface area (Å²) in [6, 6.07) is 18.2. The number of hydrogen-bond donors (Lipinski definition) is 1. The molecule has 0 atom stereocenters. The summed E-state index contributed by atoms with van der Waals surface area (Å²) in [7, 11) is 0. The molecule has 3 rings (SSSR count). The van der Waals surface area contributed by atoms with Crippen molar-refractivity contribution >= 4 is 45.4 Å². The van der Waals surface area contributed by atoms with Crippen LogP contribution in [-0.4, -0.2) is 26.4 Å². The highest BCUT2D eigenvalue weighted by Crippen LogP contribution is 2.26. The van der Waals surface area contributed by atoms with Gasteiger partial charge in [0.15, 0.2) is 5.16 Å². The number of carbonyl (C=O) groups is 1. The smallest absolute Gasteiger partial charge is 0.227 e. The van der Waals surface area contributed by atoms with Gasteiger partial charge in [-0.1, -0.05) is 58.0 Å². The summed E-state index contributed by atoms with van der Waals surface area (Å²) in [5, 5.41) is 9.26. The summed E-state index contributed by atoms with van der Waals surface area (Å²) in [4.78, 5) is 11.1. The number of amides is 1. The van der Waals surface area contributed by atoms with Crippen LogP contribution in [-0.2, 0) is 16.3 Å². The Balaban J connectivity index is 1.79. The topological polar surface area (TPSA) is 73.8 Å². The Bertz CT molecular complexity index is 869. The Labute approximate surface area is 168 Å². The molecular weight excluding hydrogens is 432 g/mol. The van der Waals surface area contributed by atoms with Crippen molar-refractivity contribution in [1.82, 2.24) is 14.8 Å². The largest absolute Gasteiger partial charge is 0.369 e. The maximum absolute atomic E-state index is 11.1. The molecular formula is C18H17BrN4OS2. The number of benzene rings is 2. The van der Waals surface area contributed by atoms with E-state index < -0.39 is 0 Å². The molecule has 0 saturated carbocycles. The van der Waals surface area contributed by atoms with E-state index >= 15 is 0 Å². The molecule has 1 aromatic heterocycles. The highest BCUT2D eigenvalue weighted by Gasteiger charge is 2.15. The van der Waals surface area contributed by atoms with Crippen molar-refractivity contribution < 1.29 is 4.79 Å². The van der Waals surface area contributed by atoms with Crippen LogP contribution in [0.2, 0.25) is 0 Å². The third-order valence-corrected chi connectivity index (χ3v) is 5.95. The van der Waals surface area contributed by atoms with Gasteiger partial charge in [-0.05, 0) is 29.8 Å². The van der Waals surface area contributed by atoms with Crippen LogP contribution >= 0.6 is 39.5 Å². The summed E-state index contributed by atoms with van der Waals surface area (Å²) in [6.45, 7) is 0. The van der Waals surface area contributed by atoms with Gasteiger partial charge in [-0.2, -0.15) is 0 Å². The minimum absolute atomic E-state index is 0.172. The number of aromatic nitrogens is 3. The minimum Gasteiger partial charge on any atom is -0.369 e. The molecule has 8 heteroatoms. The number of nitrogens with two attached hydrogens (primary N) is 1. The maximum atomic E-state index is 11.1. The van der Waals surface area contributed by atoms with E-state index in [0.717, 1.165) is 27.5 Å². The van der Waals surface area contributed by atoms with E-state index in [9.17, 15) is 4.79 Å². The van der Waals surface area contributed by atoms with Crippen molar-refractivity contribution in [2.75, 3.05) is 5.75 Å². The molecule has 1 amide bonds. The number of thioether (sulfide) groups is 2.